The second kappa shape index (κ2) is 6.42. The number of nitro groups is 1. The molecule has 1 heterocycles. The predicted octanol–water partition coefficient (Wildman–Crippen LogP) is 0.358. The summed E-state index contributed by atoms with van der Waals surface area (Å²) in [6, 6.07) is 3.13. The van der Waals surface area contributed by atoms with Crippen molar-refractivity contribution in [1.29, 1.82) is 0 Å². The second-order valence-electron chi connectivity index (χ2n) is 5.03. The van der Waals surface area contributed by atoms with Gasteiger partial charge in [-0.25, -0.2) is 0 Å². The van der Waals surface area contributed by atoms with Gasteiger partial charge in [0.2, 0.25) is 5.91 Å². The molecule has 1 atom stereocenters. The van der Waals surface area contributed by atoms with Crippen molar-refractivity contribution < 1.29 is 24.0 Å². The largest absolute Gasteiger partial charge is 0.469 e. The number of nitro benzene ring substituents is 1. The van der Waals surface area contributed by atoms with Crippen LogP contribution in [-0.4, -0.2) is 40.8 Å². The van der Waals surface area contributed by atoms with Crippen molar-refractivity contribution >= 4 is 23.5 Å². The standard InChI is InChI=1S/C14H15N3O6/c1-23-12(18)6-5-11(13(15)19)16-7-9-8(14(16)20)3-2-4-10(9)17(21)22/h2-4,11H,5-7H2,1H3,(H2,15,19)/t11-/m0/s1. The highest BCUT2D eigenvalue weighted by atomic mass is 16.6. The molecule has 2 rings (SSSR count). The van der Waals surface area contributed by atoms with Gasteiger partial charge in [-0.2, -0.15) is 0 Å². The average Bonchev–Trinajstić information content (AvgIpc) is 2.84. The number of carbonyl (C=O) groups excluding carboxylic acids is 3. The smallest absolute Gasteiger partial charge is 0.305 e. The Morgan fingerprint density at radius 3 is 2.74 bits per heavy atom. The quantitative estimate of drug-likeness (QED) is 0.457. The van der Waals surface area contributed by atoms with Crippen LogP contribution in [0.5, 0.6) is 0 Å². The van der Waals surface area contributed by atoms with Crippen LogP contribution < -0.4 is 5.73 Å². The minimum atomic E-state index is -1.03. The number of rotatable bonds is 6. The molecule has 9 nitrogen and oxygen atoms in total. The molecule has 0 aromatic heterocycles. The zero-order valence-electron chi connectivity index (χ0n) is 12.4. The summed E-state index contributed by atoms with van der Waals surface area (Å²) in [6.07, 6.45) is -0.0954. The molecule has 0 spiro atoms. The van der Waals surface area contributed by atoms with Gasteiger partial charge in [0, 0.05) is 12.5 Å². The fraction of sp³-hybridized carbons (Fsp3) is 0.357. The first-order chi connectivity index (χ1) is 10.9. The Bertz CT molecular complexity index is 687. The predicted molar refractivity (Wildman–Crippen MR) is 77.2 cm³/mol. The van der Waals surface area contributed by atoms with Crippen LogP contribution >= 0.6 is 0 Å². The van der Waals surface area contributed by atoms with Gasteiger partial charge in [0.1, 0.15) is 6.04 Å². The Morgan fingerprint density at radius 1 is 1.48 bits per heavy atom. The van der Waals surface area contributed by atoms with Gasteiger partial charge >= 0.3 is 5.97 Å². The molecule has 1 aromatic rings. The molecule has 0 unspecified atom stereocenters. The summed E-state index contributed by atoms with van der Waals surface area (Å²) in [4.78, 5) is 46.9. The fourth-order valence-electron chi connectivity index (χ4n) is 2.57. The van der Waals surface area contributed by atoms with E-state index >= 15 is 0 Å². The number of nitrogens with two attached hydrogens (primary N) is 1. The Kier molecular flexibility index (Phi) is 4.58. The normalized spacial score (nSPS) is 14.3. The van der Waals surface area contributed by atoms with Gasteiger partial charge < -0.3 is 15.4 Å². The third kappa shape index (κ3) is 3.12. The van der Waals surface area contributed by atoms with Crippen LogP contribution in [0.1, 0.15) is 28.8 Å². The number of hydrogen-bond donors (Lipinski definition) is 1. The van der Waals surface area contributed by atoms with E-state index in [0.29, 0.717) is 0 Å². The summed E-state index contributed by atoms with van der Waals surface area (Å²) in [6.45, 7) is -0.0971. The summed E-state index contributed by atoms with van der Waals surface area (Å²) in [7, 11) is 1.21. The molecule has 1 aliphatic rings. The van der Waals surface area contributed by atoms with Crippen LogP contribution in [0, 0.1) is 10.1 Å². The van der Waals surface area contributed by atoms with Crippen LogP contribution in [0.15, 0.2) is 18.2 Å². The summed E-state index contributed by atoms with van der Waals surface area (Å²) in [5, 5.41) is 11.1. The molecule has 0 saturated heterocycles. The summed E-state index contributed by atoms with van der Waals surface area (Å²) in [5.74, 6) is -1.83. The van der Waals surface area contributed by atoms with E-state index in [9.17, 15) is 24.5 Å². The molecule has 2 N–H and O–H groups in total. The van der Waals surface area contributed by atoms with Crippen molar-refractivity contribution in [3.63, 3.8) is 0 Å². The Balaban J connectivity index is 2.28. The molecule has 0 saturated carbocycles. The molecule has 122 valence electrons. The number of benzene rings is 1. The molecule has 0 fully saturated rings. The number of primary amides is 1. The molecule has 9 heteroatoms. The maximum atomic E-state index is 12.4. The molecule has 0 bridgehead atoms. The molecular weight excluding hydrogens is 306 g/mol. The Labute approximate surface area is 131 Å². The number of carbonyl (C=O) groups is 3. The molecule has 23 heavy (non-hydrogen) atoms. The van der Waals surface area contributed by atoms with Crippen LogP contribution in [-0.2, 0) is 20.9 Å². The van der Waals surface area contributed by atoms with Crippen molar-refractivity contribution in [3.05, 3.63) is 39.4 Å². The van der Waals surface area contributed by atoms with Gasteiger partial charge in [-0.15, -0.1) is 0 Å². The van der Waals surface area contributed by atoms with Crippen LogP contribution in [0.4, 0.5) is 5.69 Å². The van der Waals surface area contributed by atoms with E-state index < -0.39 is 28.7 Å². The van der Waals surface area contributed by atoms with Gasteiger partial charge in [0.05, 0.1) is 29.7 Å². The van der Waals surface area contributed by atoms with Crippen molar-refractivity contribution in [2.75, 3.05) is 7.11 Å². The van der Waals surface area contributed by atoms with E-state index in [-0.39, 0.29) is 36.2 Å². The zero-order valence-corrected chi connectivity index (χ0v) is 12.4. The lowest BCUT2D eigenvalue weighted by molar-refractivity contribution is -0.385. The number of hydrogen-bond acceptors (Lipinski definition) is 6. The molecule has 2 amide bonds. The molecule has 0 radical (unpaired) electrons. The highest BCUT2D eigenvalue weighted by molar-refractivity contribution is 6.02. The van der Waals surface area contributed by atoms with Crippen LogP contribution in [0.2, 0.25) is 0 Å². The number of methoxy groups -OCH3 is 1. The van der Waals surface area contributed by atoms with Gasteiger partial charge in [-0.3, -0.25) is 24.5 Å². The zero-order chi connectivity index (χ0) is 17.1. The maximum absolute atomic E-state index is 12.4. The minimum Gasteiger partial charge on any atom is -0.469 e. The monoisotopic (exact) mass is 321 g/mol. The molecule has 1 aromatic carbocycles. The van der Waals surface area contributed by atoms with E-state index in [1.807, 2.05) is 0 Å². The van der Waals surface area contributed by atoms with Gasteiger partial charge in [0.25, 0.3) is 11.6 Å². The second-order valence-corrected chi connectivity index (χ2v) is 5.03. The van der Waals surface area contributed by atoms with E-state index in [0.717, 1.165) is 4.90 Å². The van der Waals surface area contributed by atoms with Crippen LogP contribution in [0.3, 0.4) is 0 Å². The number of fused-ring (bicyclic) bond motifs is 1. The van der Waals surface area contributed by atoms with Gasteiger partial charge in [0.15, 0.2) is 0 Å². The Morgan fingerprint density at radius 2 is 2.17 bits per heavy atom. The van der Waals surface area contributed by atoms with Crippen molar-refractivity contribution in [2.24, 2.45) is 5.73 Å². The third-order valence-electron chi connectivity index (χ3n) is 3.72. The lowest BCUT2D eigenvalue weighted by Crippen LogP contribution is -2.45. The number of nitrogens with zero attached hydrogens (tertiary/aromatic N) is 2. The maximum Gasteiger partial charge on any atom is 0.305 e. The van der Waals surface area contributed by atoms with E-state index in [2.05, 4.69) is 4.74 Å². The van der Waals surface area contributed by atoms with Crippen molar-refractivity contribution in [2.45, 2.75) is 25.4 Å². The highest BCUT2D eigenvalue weighted by Gasteiger charge is 2.38. The third-order valence-corrected chi connectivity index (χ3v) is 3.72. The lowest BCUT2D eigenvalue weighted by atomic mass is 10.1. The van der Waals surface area contributed by atoms with Crippen LogP contribution in [0.25, 0.3) is 0 Å². The first-order valence-corrected chi connectivity index (χ1v) is 6.80. The van der Waals surface area contributed by atoms with Crippen molar-refractivity contribution in [1.82, 2.24) is 4.90 Å². The first kappa shape index (κ1) is 16.4. The SMILES string of the molecule is COC(=O)CC[C@@H](C(N)=O)N1Cc2c(cccc2[N+](=O)[O-])C1=O. The topological polar surface area (TPSA) is 133 Å². The molecule has 1 aliphatic heterocycles. The minimum absolute atomic E-state index is 0.00443. The number of ether oxygens (including phenoxy) is 1. The van der Waals surface area contributed by atoms with Gasteiger partial charge in [-0.1, -0.05) is 6.07 Å². The van der Waals surface area contributed by atoms with Gasteiger partial charge in [-0.05, 0) is 12.5 Å². The number of esters is 1. The lowest BCUT2D eigenvalue weighted by Gasteiger charge is -2.24. The molecule has 0 aliphatic carbocycles. The first-order valence-electron chi connectivity index (χ1n) is 6.80. The summed E-state index contributed by atoms with van der Waals surface area (Å²) in [5.41, 5.74) is 5.55. The highest BCUT2D eigenvalue weighted by Crippen LogP contribution is 2.32. The summed E-state index contributed by atoms with van der Waals surface area (Å²) < 4.78 is 4.50. The van der Waals surface area contributed by atoms with E-state index in [1.54, 1.807) is 0 Å². The van der Waals surface area contributed by atoms with Crippen molar-refractivity contribution in [3.8, 4) is 0 Å². The number of amides is 2. The van der Waals surface area contributed by atoms with E-state index in [1.165, 1.54) is 25.3 Å². The summed E-state index contributed by atoms with van der Waals surface area (Å²) >= 11 is 0. The average molecular weight is 321 g/mol. The fourth-order valence-corrected chi connectivity index (χ4v) is 2.57. The molecular formula is C14H15N3O6. The van der Waals surface area contributed by atoms with E-state index in [4.69, 9.17) is 5.73 Å². The Hall–Kier alpha value is -2.97.